The summed E-state index contributed by atoms with van der Waals surface area (Å²) in [4.78, 5) is -0.593. The van der Waals surface area contributed by atoms with E-state index in [-0.39, 0.29) is 12.2 Å². The first-order valence-corrected chi connectivity index (χ1v) is 9.71. The molecular formula is C18H17F3N4O2S. The van der Waals surface area contributed by atoms with Crippen LogP contribution in [0.3, 0.4) is 0 Å². The van der Waals surface area contributed by atoms with Crippen LogP contribution < -0.4 is 10.5 Å². The van der Waals surface area contributed by atoms with Crippen molar-refractivity contribution >= 4 is 15.7 Å². The van der Waals surface area contributed by atoms with Gasteiger partial charge in [-0.2, -0.15) is 18.3 Å². The summed E-state index contributed by atoms with van der Waals surface area (Å²) in [7, 11) is -4.24. The fourth-order valence-corrected chi connectivity index (χ4v) is 3.27. The highest BCUT2D eigenvalue weighted by atomic mass is 32.2. The standard InChI is InChI=1S/C18H17F3N4O2S/c19-18(20,21)16-10-15(28(22,26)27)6-7-17(16)23-11-13-4-1-2-5-14(13)12-25-9-3-8-24-25/h1-10,23H,11-12H2,(H2,22,26,27). The van der Waals surface area contributed by atoms with Crippen molar-refractivity contribution in [3.8, 4) is 0 Å². The zero-order chi connectivity index (χ0) is 20.4. The third-order valence-electron chi connectivity index (χ3n) is 4.10. The van der Waals surface area contributed by atoms with Crippen LogP contribution in [-0.2, 0) is 29.3 Å². The molecule has 0 radical (unpaired) electrons. The van der Waals surface area contributed by atoms with Crippen LogP contribution in [0.2, 0.25) is 0 Å². The largest absolute Gasteiger partial charge is 0.418 e. The molecule has 0 spiro atoms. The van der Waals surface area contributed by atoms with Crippen LogP contribution in [0.5, 0.6) is 0 Å². The second-order valence-electron chi connectivity index (χ2n) is 6.08. The van der Waals surface area contributed by atoms with E-state index in [9.17, 15) is 21.6 Å². The Morgan fingerprint density at radius 1 is 1.07 bits per heavy atom. The molecule has 1 aromatic heterocycles. The van der Waals surface area contributed by atoms with Gasteiger partial charge in [-0.05, 0) is 35.4 Å². The molecule has 0 aliphatic rings. The number of benzene rings is 2. The molecule has 0 saturated carbocycles. The third kappa shape index (κ3) is 4.70. The maximum atomic E-state index is 13.4. The molecular weight excluding hydrogens is 393 g/mol. The van der Waals surface area contributed by atoms with E-state index in [1.807, 2.05) is 12.1 Å². The summed E-state index contributed by atoms with van der Waals surface area (Å²) >= 11 is 0. The Bertz CT molecular complexity index is 1060. The number of hydrogen-bond acceptors (Lipinski definition) is 4. The van der Waals surface area contributed by atoms with Crippen LogP contribution in [0.1, 0.15) is 16.7 Å². The summed E-state index contributed by atoms with van der Waals surface area (Å²) in [5.74, 6) is 0. The molecule has 0 bridgehead atoms. The molecule has 28 heavy (non-hydrogen) atoms. The van der Waals surface area contributed by atoms with Crippen molar-refractivity contribution in [2.45, 2.75) is 24.2 Å². The second kappa shape index (κ2) is 7.64. The third-order valence-corrected chi connectivity index (χ3v) is 5.02. The van der Waals surface area contributed by atoms with Crippen molar-refractivity contribution in [2.75, 3.05) is 5.32 Å². The molecule has 0 amide bonds. The summed E-state index contributed by atoms with van der Waals surface area (Å²) in [6.07, 6.45) is -1.31. The van der Waals surface area contributed by atoms with Gasteiger partial charge in [0.05, 0.1) is 17.0 Å². The van der Waals surface area contributed by atoms with Crippen LogP contribution >= 0.6 is 0 Å². The number of halogens is 3. The number of nitrogens with zero attached hydrogens (tertiary/aromatic N) is 2. The van der Waals surface area contributed by atoms with Gasteiger partial charge in [-0.3, -0.25) is 4.68 Å². The van der Waals surface area contributed by atoms with Gasteiger partial charge < -0.3 is 5.32 Å². The molecule has 3 aromatic rings. The first kappa shape index (κ1) is 19.9. The molecule has 1 heterocycles. The SMILES string of the molecule is NS(=O)(=O)c1ccc(NCc2ccccc2Cn2cccn2)c(C(F)(F)F)c1. The van der Waals surface area contributed by atoms with E-state index >= 15 is 0 Å². The molecule has 3 N–H and O–H groups in total. The summed E-state index contributed by atoms with van der Waals surface area (Å²) in [5.41, 5.74) is 0.368. The van der Waals surface area contributed by atoms with Crippen LogP contribution in [-0.4, -0.2) is 18.2 Å². The lowest BCUT2D eigenvalue weighted by atomic mass is 10.1. The van der Waals surface area contributed by atoms with Gasteiger partial charge in [-0.1, -0.05) is 24.3 Å². The minimum atomic E-state index is -4.74. The topological polar surface area (TPSA) is 90.0 Å². The van der Waals surface area contributed by atoms with Gasteiger partial charge in [-0.25, -0.2) is 13.6 Å². The Morgan fingerprint density at radius 3 is 2.39 bits per heavy atom. The van der Waals surface area contributed by atoms with Crippen LogP contribution in [0.15, 0.2) is 65.8 Å². The molecule has 0 atom stereocenters. The number of alkyl halides is 3. The quantitative estimate of drug-likeness (QED) is 0.653. The molecule has 10 heteroatoms. The number of hydrogen-bond donors (Lipinski definition) is 2. The molecule has 148 valence electrons. The number of nitrogens with one attached hydrogen (secondary N) is 1. The number of nitrogens with two attached hydrogens (primary N) is 1. The second-order valence-corrected chi connectivity index (χ2v) is 7.64. The van der Waals surface area contributed by atoms with Gasteiger partial charge in [0.25, 0.3) is 0 Å². The molecule has 6 nitrogen and oxygen atoms in total. The van der Waals surface area contributed by atoms with Gasteiger partial charge in [0.1, 0.15) is 0 Å². The number of primary sulfonamides is 1. The Labute approximate surface area is 159 Å². The van der Waals surface area contributed by atoms with E-state index in [0.717, 1.165) is 23.3 Å². The Kier molecular flexibility index (Phi) is 5.43. The Hall–Kier alpha value is -2.85. The van der Waals surface area contributed by atoms with Crippen LogP contribution in [0.25, 0.3) is 0 Å². The maximum Gasteiger partial charge on any atom is 0.418 e. The van der Waals surface area contributed by atoms with Crippen molar-refractivity contribution in [2.24, 2.45) is 5.14 Å². The van der Waals surface area contributed by atoms with Crippen LogP contribution in [0, 0.1) is 0 Å². The summed E-state index contributed by atoms with van der Waals surface area (Å²) in [5, 5.41) is 11.8. The highest BCUT2D eigenvalue weighted by Gasteiger charge is 2.34. The lowest BCUT2D eigenvalue weighted by molar-refractivity contribution is -0.137. The van der Waals surface area contributed by atoms with Gasteiger partial charge in [0.15, 0.2) is 0 Å². The van der Waals surface area contributed by atoms with Gasteiger partial charge in [0, 0.05) is 24.6 Å². The summed E-state index contributed by atoms with van der Waals surface area (Å²) in [6.45, 7) is 0.594. The molecule has 0 saturated heterocycles. The predicted octanol–water partition coefficient (Wildman–Crippen LogP) is 3.21. The van der Waals surface area contributed by atoms with E-state index in [2.05, 4.69) is 10.4 Å². The van der Waals surface area contributed by atoms with Gasteiger partial charge >= 0.3 is 6.18 Å². The van der Waals surface area contributed by atoms with E-state index in [1.54, 1.807) is 35.3 Å². The fraction of sp³-hybridized carbons (Fsp3) is 0.167. The summed E-state index contributed by atoms with van der Waals surface area (Å²) in [6, 6.07) is 11.7. The molecule has 2 aromatic carbocycles. The number of anilines is 1. The highest BCUT2D eigenvalue weighted by molar-refractivity contribution is 7.89. The predicted molar refractivity (Wildman–Crippen MR) is 97.9 cm³/mol. The molecule has 0 fully saturated rings. The normalized spacial score (nSPS) is 12.1. The highest BCUT2D eigenvalue weighted by Crippen LogP contribution is 2.36. The minimum absolute atomic E-state index is 0.120. The molecule has 0 aliphatic heterocycles. The van der Waals surface area contributed by atoms with Crippen molar-refractivity contribution in [3.05, 3.63) is 77.6 Å². The Morgan fingerprint density at radius 2 is 1.79 bits per heavy atom. The van der Waals surface area contributed by atoms with Crippen LogP contribution in [0.4, 0.5) is 18.9 Å². The smallest absolute Gasteiger partial charge is 0.380 e. The van der Waals surface area contributed by atoms with Crippen molar-refractivity contribution in [1.29, 1.82) is 0 Å². The average molecular weight is 410 g/mol. The average Bonchev–Trinajstić information content (AvgIpc) is 3.12. The van der Waals surface area contributed by atoms with E-state index in [4.69, 9.17) is 5.14 Å². The molecule has 0 unspecified atom stereocenters. The molecule has 3 rings (SSSR count). The Balaban J connectivity index is 1.87. The monoisotopic (exact) mass is 410 g/mol. The lowest BCUT2D eigenvalue weighted by Crippen LogP contribution is -2.16. The summed E-state index contributed by atoms with van der Waals surface area (Å²) < 4.78 is 64.6. The van der Waals surface area contributed by atoms with Gasteiger partial charge in [-0.15, -0.1) is 0 Å². The van der Waals surface area contributed by atoms with E-state index < -0.39 is 26.7 Å². The zero-order valence-corrected chi connectivity index (χ0v) is 15.3. The maximum absolute atomic E-state index is 13.4. The van der Waals surface area contributed by atoms with E-state index in [0.29, 0.717) is 12.6 Å². The lowest BCUT2D eigenvalue weighted by Gasteiger charge is -2.17. The number of rotatable bonds is 6. The van der Waals surface area contributed by atoms with Crippen molar-refractivity contribution < 1.29 is 21.6 Å². The number of aromatic nitrogens is 2. The first-order chi connectivity index (χ1) is 13.1. The fourth-order valence-electron chi connectivity index (χ4n) is 2.73. The first-order valence-electron chi connectivity index (χ1n) is 8.17. The zero-order valence-electron chi connectivity index (χ0n) is 14.5. The van der Waals surface area contributed by atoms with Crippen molar-refractivity contribution in [1.82, 2.24) is 9.78 Å². The van der Waals surface area contributed by atoms with Crippen molar-refractivity contribution in [3.63, 3.8) is 0 Å². The van der Waals surface area contributed by atoms with E-state index in [1.165, 1.54) is 0 Å². The number of sulfonamides is 1. The molecule has 0 aliphatic carbocycles. The van der Waals surface area contributed by atoms with Gasteiger partial charge in [0.2, 0.25) is 10.0 Å². The minimum Gasteiger partial charge on any atom is -0.380 e.